The van der Waals surface area contributed by atoms with E-state index in [9.17, 15) is 9.18 Å². The number of benzene rings is 1. The molecule has 2 heterocycles. The normalized spacial score (nSPS) is 25.5. The predicted molar refractivity (Wildman–Crippen MR) is 74.4 cm³/mol. The van der Waals surface area contributed by atoms with Gasteiger partial charge in [-0.25, -0.2) is 9.18 Å². The van der Waals surface area contributed by atoms with E-state index in [1.54, 1.807) is 6.07 Å². The van der Waals surface area contributed by atoms with Crippen molar-refractivity contribution >= 4 is 11.7 Å². The molecule has 2 aliphatic rings. The summed E-state index contributed by atoms with van der Waals surface area (Å²) in [5, 5.41) is 3.28. The lowest BCUT2D eigenvalue weighted by Crippen LogP contribution is -2.34. The molecule has 2 atom stereocenters. The Morgan fingerprint density at radius 3 is 3.05 bits per heavy atom. The lowest BCUT2D eigenvalue weighted by atomic mass is 10.1. The van der Waals surface area contributed by atoms with Crippen LogP contribution < -0.4 is 5.32 Å². The van der Waals surface area contributed by atoms with Crippen LogP contribution in [0.5, 0.6) is 0 Å². The molecule has 0 saturated carbocycles. The number of ether oxygens (including phenoxy) is 1. The molecule has 2 aliphatic heterocycles. The zero-order valence-corrected chi connectivity index (χ0v) is 11.6. The number of nitrogens with zero attached hydrogens (tertiary/aromatic N) is 1. The highest BCUT2D eigenvalue weighted by molar-refractivity contribution is 5.90. The maximum Gasteiger partial charge on any atom is 0.337 e. The summed E-state index contributed by atoms with van der Waals surface area (Å²) in [5.74, 6) is -0.768. The first-order valence-electron chi connectivity index (χ1n) is 7.07. The first-order chi connectivity index (χ1) is 9.69. The van der Waals surface area contributed by atoms with Crippen molar-refractivity contribution in [3.63, 3.8) is 0 Å². The minimum atomic E-state index is -0.443. The Labute approximate surface area is 117 Å². The summed E-state index contributed by atoms with van der Waals surface area (Å²) >= 11 is 0. The van der Waals surface area contributed by atoms with Crippen molar-refractivity contribution in [1.29, 1.82) is 0 Å². The van der Waals surface area contributed by atoms with Gasteiger partial charge in [-0.15, -0.1) is 0 Å². The number of halogens is 1. The number of anilines is 1. The van der Waals surface area contributed by atoms with Crippen molar-refractivity contribution in [2.45, 2.75) is 31.3 Å². The van der Waals surface area contributed by atoms with Crippen molar-refractivity contribution in [2.24, 2.45) is 0 Å². The van der Waals surface area contributed by atoms with E-state index in [2.05, 4.69) is 15.0 Å². The van der Waals surface area contributed by atoms with Gasteiger partial charge in [0.2, 0.25) is 0 Å². The highest BCUT2D eigenvalue weighted by Gasteiger charge is 2.37. The molecule has 0 radical (unpaired) electrons. The summed E-state index contributed by atoms with van der Waals surface area (Å²) in [6.45, 7) is 2.22. The van der Waals surface area contributed by atoms with Crippen molar-refractivity contribution in [3.8, 4) is 0 Å². The summed E-state index contributed by atoms with van der Waals surface area (Å²) in [5.41, 5.74) is 0.768. The summed E-state index contributed by atoms with van der Waals surface area (Å²) in [4.78, 5) is 14.0. The van der Waals surface area contributed by atoms with Crippen LogP contribution in [0.2, 0.25) is 0 Å². The number of hydrogen-bond donors (Lipinski definition) is 1. The van der Waals surface area contributed by atoms with E-state index in [1.807, 2.05) is 0 Å². The lowest BCUT2D eigenvalue weighted by Gasteiger charge is -2.22. The Hall–Kier alpha value is -1.62. The van der Waals surface area contributed by atoms with E-state index >= 15 is 0 Å². The fourth-order valence-corrected chi connectivity index (χ4v) is 3.33. The Bertz CT molecular complexity index is 521. The zero-order valence-electron chi connectivity index (χ0n) is 11.6. The van der Waals surface area contributed by atoms with Crippen LogP contribution in [-0.2, 0) is 4.74 Å². The van der Waals surface area contributed by atoms with E-state index in [0.717, 1.165) is 25.9 Å². The topological polar surface area (TPSA) is 41.6 Å². The number of carbonyl (C=O) groups is 1. The molecule has 20 heavy (non-hydrogen) atoms. The highest BCUT2D eigenvalue weighted by Crippen LogP contribution is 2.31. The van der Waals surface area contributed by atoms with E-state index in [0.29, 0.717) is 17.3 Å². The van der Waals surface area contributed by atoms with Crippen LogP contribution in [0.1, 0.15) is 29.6 Å². The number of nitrogens with one attached hydrogen (secondary N) is 1. The molecule has 108 valence electrons. The average molecular weight is 278 g/mol. The number of fused-ring (bicyclic) bond motifs is 1. The minimum Gasteiger partial charge on any atom is -0.465 e. The number of carbonyl (C=O) groups excluding carboxylic acids is 1. The van der Waals surface area contributed by atoms with Gasteiger partial charge in [-0.1, -0.05) is 0 Å². The SMILES string of the molecule is COC(=O)c1ccc(F)c(NC2CCN3CCCC23)c1. The fourth-order valence-electron chi connectivity index (χ4n) is 3.33. The number of rotatable bonds is 3. The molecule has 4 nitrogen and oxygen atoms in total. The van der Waals surface area contributed by atoms with Gasteiger partial charge in [0.25, 0.3) is 0 Å². The molecule has 0 amide bonds. The van der Waals surface area contributed by atoms with Crippen molar-refractivity contribution in [3.05, 3.63) is 29.6 Å². The van der Waals surface area contributed by atoms with E-state index in [-0.39, 0.29) is 11.9 Å². The van der Waals surface area contributed by atoms with Gasteiger partial charge in [-0.05, 0) is 44.0 Å². The quantitative estimate of drug-likeness (QED) is 0.861. The van der Waals surface area contributed by atoms with Gasteiger partial charge in [0.05, 0.1) is 18.4 Å². The van der Waals surface area contributed by atoms with Gasteiger partial charge < -0.3 is 10.1 Å². The maximum absolute atomic E-state index is 13.9. The molecule has 0 aromatic heterocycles. The second kappa shape index (κ2) is 5.40. The van der Waals surface area contributed by atoms with Crippen LogP contribution in [0.4, 0.5) is 10.1 Å². The third-order valence-corrected chi connectivity index (χ3v) is 4.33. The molecular weight excluding hydrogens is 259 g/mol. The second-order valence-electron chi connectivity index (χ2n) is 5.47. The van der Waals surface area contributed by atoms with Crippen LogP contribution in [0.3, 0.4) is 0 Å². The molecule has 2 saturated heterocycles. The molecule has 0 aliphatic carbocycles. The maximum atomic E-state index is 13.9. The first-order valence-corrected chi connectivity index (χ1v) is 7.07. The molecule has 5 heteroatoms. The van der Waals surface area contributed by atoms with Gasteiger partial charge in [-0.3, -0.25) is 4.90 Å². The Kier molecular flexibility index (Phi) is 3.61. The average Bonchev–Trinajstić information content (AvgIpc) is 3.05. The van der Waals surface area contributed by atoms with Crippen molar-refractivity contribution in [1.82, 2.24) is 4.90 Å². The van der Waals surface area contributed by atoms with Crippen LogP contribution in [-0.4, -0.2) is 43.2 Å². The van der Waals surface area contributed by atoms with Gasteiger partial charge in [0.15, 0.2) is 0 Å². The summed E-state index contributed by atoms with van der Waals surface area (Å²) < 4.78 is 18.6. The van der Waals surface area contributed by atoms with Crippen LogP contribution in [0.15, 0.2) is 18.2 Å². The third-order valence-electron chi connectivity index (χ3n) is 4.33. The Morgan fingerprint density at radius 1 is 1.40 bits per heavy atom. The molecule has 2 unspecified atom stereocenters. The smallest absolute Gasteiger partial charge is 0.337 e. The van der Waals surface area contributed by atoms with Gasteiger partial charge in [0.1, 0.15) is 5.82 Å². The molecule has 1 aromatic carbocycles. The van der Waals surface area contributed by atoms with Gasteiger partial charge >= 0.3 is 5.97 Å². The summed E-state index contributed by atoms with van der Waals surface area (Å²) in [6, 6.07) is 5.06. The highest BCUT2D eigenvalue weighted by atomic mass is 19.1. The fraction of sp³-hybridized carbons (Fsp3) is 0.533. The molecule has 2 fully saturated rings. The molecule has 1 aromatic rings. The Balaban J connectivity index is 1.78. The minimum absolute atomic E-state index is 0.264. The van der Waals surface area contributed by atoms with Crippen molar-refractivity contribution < 1.29 is 13.9 Å². The van der Waals surface area contributed by atoms with E-state index in [1.165, 1.54) is 25.7 Å². The first kappa shape index (κ1) is 13.4. The summed E-state index contributed by atoms with van der Waals surface area (Å²) in [6.07, 6.45) is 3.40. The molecule has 0 spiro atoms. The molecule has 1 N–H and O–H groups in total. The Morgan fingerprint density at radius 2 is 2.25 bits per heavy atom. The van der Waals surface area contributed by atoms with Crippen LogP contribution in [0.25, 0.3) is 0 Å². The molecule has 0 bridgehead atoms. The molecular formula is C15H19FN2O2. The number of methoxy groups -OCH3 is 1. The monoisotopic (exact) mass is 278 g/mol. The lowest BCUT2D eigenvalue weighted by molar-refractivity contribution is 0.0600. The number of hydrogen-bond acceptors (Lipinski definition) is 4. The predicted octanol–water partition coefficient (Wildman–Crippen LogP) is 2.26. The van der Waals surface area contributed by atoms with Crippen LogP contribution >= 0.6 is 0 Å². The van der Waals surface area contributed by atoms with Gasteiger partial charge in [-0.2, -0.15) is 0 Å². The summed E-state index contributed by atoms with van der Waals surface area (Å²) in [7, 11) is 1.33. The van der Waals surface area contributed by atoms with Crippen LogP contribution in [0, 0.1) is 5.82 Å². The van der Waals surface area contributed by atoms with Gasteiger partial charge in [0, 0.05) is 18.6 Å². The molecule has 3 rings (SSSR count). The second-order valence-corrected chi connectivity index (χ2v) is 5.47. The zero-order chi connectivity index (χ0) is 14.1. The third kappa shape index (κ3) is 2.38. The number of esters is 1. The standard InChI is InChI=1S/C15H19FN2O2/c1-20-15(19)10-4-5-11(16)13(9-10)17-12-6-8-18-7-2-3-14(12)18/h4-5,9,12,14,17H,2-3,6-8H2,1H3. The van der Waals surface area contributed by atoms with E-state index < -0.39 is 5.97 Å². The van der Waals surface area contributed by atoms with Crippen molar-refractivity contribution in [2.75, 3.05) is 25.5 Å². The van der Waals surface area contributed by atoms with E-state index in [4.69, 9.17) is 0 Å². The largest absolute Gasteiger partial charge is 0.465 e.